The van der Waals surface area contributed by atoms with Crippen molar-refractivity contribution in [1.82, 2.24) is 0 Å². The topological polar surface area (TPSA) is 58.7 Å². The van der Waals surface area contributed by atoms with Gasteiger partial charge in [0.25, 0.3) is 5.69 Å². The molecule has 5 nitrogen and oxygen atoms in total. The Kier molecular flexibility index (Phi) is 4.14. The summed E-state index contributed by atoms with van der Waals surface area (Å²) in [5.74, 6) is 0.937. The first-order valence-electron chi connectivity index (χ1n) is 7.37. The molecule has 0 saturated heterocycles. The molecule has 0 atom stereocenters. The van der Waals surface area contributed by atoms with E-state index in [1.54, 1.807) is 24.3 Å². The number of nitrogens with zero attached hydrogens (tertiary/aromatic N) is 3. The van der Waals surface area contributed by atoms with Crippen LogP contribution in [0, 0.1) is 10.1 Å². The third-order valence-corrected chi connectivity index (χ3v) is 3.71. The minimum atomic E-state index is -0.377. The monoisotopic (exact) mass is 295 g/mol. The quantitative estimate of drug-likeness (QED) is 0.641. The molecular formula is C17H17N3O2. The largest absolute Gasteiger partial charge is 0.326 e. The molecule has 0 spiro atoms. The predicted octanol–water partition coefficient (Wildman–Crippen LogP) is 3.64. The number of hydrogen-bond acceptors (Lipinski definition) is 4. The van der Waals surface area contributed by atoms with Crippen LogP contribution in [0.25, 0.3) is 0 Å². The zero-order chi connectivity index (χ0) is 15.4. The minimum Gasteiger partial charge on any atom is -0.326 e. The van der Waals surface area contributed by atoms with E-state index in [-0.39, 0.29) is 10.6 Å². The molecule has 112 valence electrons. The van der Waals surface area contributed by atoms with Crippen LogP contribution in [0.4, 0.5) is 11.4 Å². The van der Waals surface area contributed by atoms with Crippen LogP contribution >= 0.6 is 0 Å². The maximum absolute atomic E-state index is 10.8. The summed E-state index contributed by atoms with van der Waals surface area (Å²) in [6, 6.07) is 16.7. The lowest BCUT2D eigenvalue weighted by molar-refractivity contribution is -0.384. The lowest BCUT2D eigenvalue weighted by Crippen LogP contribution is -2.31. The third-order valence-electron chi connectivity index (χ3n) is 3.71. The standard InChI is InChI=1S/C17H17N3O2/c21-20(22)16-10-8-15(9-11-16)19-13-5-4-12-18-17(19)14-6-2-1-3-7-14/h1-3,6-11H,4-5,12-13H2. The van der Waals surface area contributed by atoms with E-state index in [4.69, 9.17) is 4.99 Å². The van der Waals surface area contributed by atoms with Gasteiger partial charge >= 0.3 is 0 Å². The Morgan fingerprint density at radius 1 is 1.00 bits per heavy atom. The van der Waals surface area contributed by atoms with Gasteiger partial charge in [0, 0.05) is 36.5 Å². The summed E-state index contributed by atoms with van der Waals surface area (Å²) >= 11 is 0. The van der Waals surface area contributed by atoms with Crippen LogP contribution in [0.5, 0.6) is 0 Å². The predicted molar refractivity (Wildman–Crippen MR) is 87.5 cm³/mol. The average Bonchev–Trinajstić information content (AvgIpc) is 2.81. The van der Waals surface area contributed by atoms with Gasteiger partial charge in [0.1, 0.15) is 5.84 Å². The summed E-state index contributed by atoms with van der Waals surface area (Å²) in [6.45, 7) is 1.68. The van der Waals surface area contributed by atoms with E-state index in [2.05, 4.69) is 4.90 Å². The van der Waals surface area contributed by atoms with E-state index in [9.17, 15) is 10.1 Å². The van der Waals surface area contributed by atoms with E-state index < -0.39 is 0 Å². The maximum atomic E-state index is 10.8. The maximum Gasteiger partial charge on any atom is 0.269 e. The fourth-order valence-electron chi connectivity index (χ4n) is 2.60. The van der Waals surface area contributed by atoms with Crippen molar-refractivity contribution >= 4 is 17.2 Å². The molecule has 2 aromatic carbocycles. The number of non-ortho nitro benzene ring substituents is 1. The van der Waals surface area contributed by atoms with Gasteiger partial charge < -0.3 is 4.90 Å². The zero-order valence-corrected chi connectivity index (χ0v) is 12.2. The highest BCUT2D eigenvalue weighted by molar-refractivity contribution is 6.10. The number of aliphatic imine (C=N–C) groups is 1. The van der Waals surface area contributed by atoms with Gasteiger partial charge in [0.05, 0.1) is 4.92 Å². The van der Waals surface area contributed by atoms with E-state index in [0.29, 0.717) is 0 Å². The van der Waals surface area contributed by atoms with Gasteiger partial charge in [-0.1, -0.05) is 30.3 Å². The second-order valence-corrected chi connectivity index (χ2v) is 5.20. The summed E-state index contributed by atoms with van der Waals surface area (Å²) in [7, 11) is 0. The Bertz CT molecular complexity index is 681. The van der Waals surface area contributed by atoms with Crippen molar-refractivity contribution in [2.75, 3.05) is 18.0 Å². The average molecular weight is 295 g/mol. The summed E-state index contributed by atoms with van der Waals surface area (Å²) < 4.78 is 0. The van der Waals surface area contributed by atoms with Crippen LogP contribution in [0.15, 0.2) is 59.6 Å². The molecule has 2 aromatic rings. The van der Waals surface area contributed by atoms with Gasteiger partial charge in [-0.25, -0.2) is 0 Å². The van der Waals surface area contributed by atoms with Crippen molar-refractivity contribution in [1.29, 1.82) is 0 Å². The molecular weight excluding hydrogens is 278 g/mol. The van der Waals surface area contributed by atoms with Crippen LogP contribution < -0.4 is 4.90 Å². The number of rotatable bonds is 3. The first kappa shape index (κ1) is 14.3. The smallest absolute Gasteiger partial charge is 0.269 e. The molecule has 0 aromatic heterocycles. The molecule has 22 heavy (non-hydrogen) atoms. The number of nitro groups is 1. The van der Waals surface area contributed by atoms with E-state index >= 15 is 0 Å². The molecule has 1 aliphatic rings. The Morgan fingerprint density at radius 2 is 1.73 bits per heavy atom. The highest BCUT2D eigenvalue weighted by atomic mass is 16.6. The van der Waals surface area contributed by atoms with Crippen molar-refractivity contribution in [2.24, 2.45) is 4.99 Å². The molecule has 0 saturated carbocycles. The van der Waals surface area contributed by atoms with Gasteiger partial charge in [-0.3, -0.25) is 15.1 Å². The number of amidine groups is 1. The Hall–Kier alpha value is -2.69. The van der Waals surface area contributed by atoms with Crippen LogP contribution in [-0.2, 0) is 0 Å². The molecule has 0 unspecified atom stereocenters. The summed E-state index contributed by atoms with van der Waals surface area (Å²) in [6.07, 6.45) is 2.11. The van der Waals surface area contributed by atoms with E-state index in [0.717, 1.165) is 43.0 Å². The molecule has 0 amide bonds. The first-order chi connectivity index (χ1) is 10.8. The van der Waals surface area contributed by atoms with E-state index in [1.807, 2.05) is 30.3 Å². The summed E-state index contributed by atoms with van der Waals surface area (Å²) in [4.78, 5) is 17.3. The van der Waals surface area contributed by atoms with Gasteiger partial charge in [-0.15, -0.1) is 0 Å². The fraction of sp³-hybridized carbons (Fsp3) is 0.235. The Balaban J connectivity index is 1.96. The van der Waals surface area contributed by atoms with Crippen LogP contribution in [0.3, 0.4) is 0 Å². The second kappa shape index (κ2) is 6.39. The van der Waals surface area contributed by atoms with Crippen molar-refractivity contribution in [3.63, 3.8) is 0 Å². The lowest BCUT2D eigenvalue weighted by atomic mass is 10.1. The Morgan fingerprint density at radius 3 is 2.41 bits per heavy atom. The summed E-state index contributed by atoms with van der Waals surface area (Å²) in [5.41, 5.74) is 2.12. The zero-order valence-electron chi connectivity index (χ0n) is 12.2. The lowest BCUT2D eigenvalue weighted by Gasteiger charge is -2.25. The van der Waals surface area contributed by atoms with Crippen LogP contribution in [0.2, 0.25) is 0 Å². The molecule has 3 rings (SSSR count). The fourth-order valence-corrected chi connectivity index (χ4v) is 2.60. The van der Waals surface area contributed by atoms with Crippen molar-refractivity contribution in [2.45, 2.75) is 12.8 Å². The van der Waals surface area contributed by atoms with Crippen molar-refractivity contribution in [3.8, 4) is 0 Å². The summed E-state index contributed by atoms with van der Waals surface area (Å²) in [5, 5.41) is 10.8. The molecule has 0 fully saturated rings. The molecule has 1 aliphatic heterocycles. The van der Waals surface area contributed by atoms with E-state index in [1.165, 1.54) is 0 Å². The molecule has 0 aliphatic carbocycles. The molecule has 0 radical (unpaired) electrons. The van der Waals surface area contributed by atoms with Gasteiger partial charge in [0.15, 0.2) is 0 Å². The highest BCUT2D eigenvalue weighted by Gasteiger charge is 2.18. The third kappa shape index (κ3) is 2.98. The highest BCUT2D eigenvalue weighted by Crippen LogP contribution is 2.23. The minimum absolute atomic E-state index is 0.108. The molecule has 5 heteroatoms. The molecule has 0 bridgehead atoms. The van der Waals surface area contributed by atoms with Crippen molar-refractivity contribution < 1.29 is 4.92 Å². The van der Waals surface area contributed by atoms with Crippen LogP contribution in [0.1, 0.15) is 18.4 Å². The number of hydrogen-bond donors (Lipinski definition) is 0. The van der Waals surface area contributed by atoms with Gasteiger partial charge in [-0.2, -0.15) is 0 Å². The van der Waals surface area contributed by atoms with Crippen molar-refractivity contribution in [3.05, 3.63) is 70.3 Å². The molecule has 1 heterocycles. The SMILES string of the molecule is O=[N+]([O-])c1ccc(N2CCCCN=C2c2ccccc2)cc1. The Labute approximate surface area is 129 Å². The number of benzene rings is 2. The second-order valence-electron chi connectivity index (χ2n) is 5.20. The molecule has 0 N–H and O–H groups in total. The number of nitro benzene ring substituents is 1. The van der Waals surface area contributed by atoms with Gasteiger partial charge in [-0.05, 0) is 25.0 Å². The first-order valence-corrected chi connectivity index (χ1v) is 7.37. The van der Waals surface area contributed by atoms with Crippen LogP contribution in [-0.4, -0.2) is 23.8 Å². The van der Waals surface area contributed by atoms with Gasteiger partial charge in [0.2, 0.25) is 0 Å². The number of anilines is 1. The normalized spacial score (nSPS) is 15.1.